The van der Waals surface area contributed by atoms with Gasteiger partial charge in [-0.3, -0.25) is 10.00 Å². The first kappa shape index (κ1) is 29.4. The van der Waals surface area contributed by atoms with Gasteiger partial charge in [0, 0.05) is 74.5 Å². The van der Waals surface area contributed by atoms with E-state index in [4.69, 9.17) is 14.2 Å². The molecule has 6 rings (SSSR count). The topological polar surface area (TPSA) is 124 Å². The van der Waals surface area contributed by atoms with Crippen LogP contribution in [0.25, 0.3) is 11.1 Å². The number of ether oxygens (including phenoxy) is 3. The number of nitrogens with zero attached hydrogens (tertiary/aromatic N) is 6. The molecule has 0 bridgehead atoms. The number of methoxy groups -OCH3 is 1. The summed E-state index contributed by atoms with van der Waals surface area (Å²) < 4.78 is 17.4. The van der Waals surface area contributed by atoms with Gasteiger partial charge in [0.2, 0.25) is 5.95 Å². The van der Waals surface area contributed by atoms with Gasteiger partial charge in [0.15, 0.2) is 0 Å². The Hall–Kier alpha value is -4.66. The molecule has 44 heavy (non-hydrogen) atoms. The summed E-state index contributed by atoms with van der Waals surface area (Å²) in [6, 6.07) is 14.6. The Bertz CT molecular complexity index is 1560. The van der Waals surface area contributed by atoms with Crippen molar-refractivity contribution >= 4 is 17.3 Å². The molecule has 2 aromatic carbocycles. The number of H-pyrrole nitrogens is 1. The lowest BCUT2D eigenvalue weighted by Gasteiger charge is -2.40. The van der Waals surface area contributed by atoms with Crippen LogP contribution in [0.15, 0.2) is 61.2 Å². The minimum atomic E-state index is -0.138. The fourth-order valence-electron chi connectivity index (χ4n) is 5.95. The van der Waals surface area contributed by atoms with Crippen molar-refractivity contribution in [1.29, 1.82) is 5.26 Å². The van der Waals surface area contributed by atoms with Gasteiger partial charge in [-0.05, 0) is 55.2 Å². The van der Waals surface area contributed by atoms with Crippen LogP contribution in [0.2, 0.25) is 0 Å². The van der Waals surface area contributed by atoms with Gasteiger partial charge in [0.05, 0.1) is 37.8 Å². The highest BCUT2D eigenvalue weighted by Gasteiger charge is 2.26. The van der Waals surface area contributed by atoms with Crippen molar-refractivity contribution in [2.75, 3.05) is 56.7 Å². The number of piperidine rings is 1. The van der Waals surface area contributed by atoms with Gasteiger partial charge in [-0.1, -0.05) is 6.07 Å². The Morgan fingerprint density at radius 3 is 2.52 bits per heavy atom. The Morgan fingerprint density at radius 2 is 1.82 bits per heavy atom. The molecule has 2 aliphatic heterocycles. The monoisotopic (exact) mass is 594 g/mol. The van der Waals surface area contributed by atoms with Crippen molar-refractivity contribution in [3.05, 3.63) is 72.3 Å². The van der Waals surface area contributed by atoms with Gasteiger partial charge >= 0.3 is 0 Å². The summed E-state index contributed by atoms with van der Waals surface area (Å²) in [5.74, 6) is 1.73. The number of benzene rings is 2. The van der Waals surface area contributed by atoms with Gasteiger partial charge in [-0.25, -0.2) is 9.97 Å². The van der Waals surface area contributed by atoms with Crippen LogP contribution in [0.5, 0.6) is 11.5 Å². The summed E-state index contributed by atoms with van der Waals surface area (Å²) in [5.41, 5.74) is 5.15. The molecule has 4 aromatic rings. The third-order valence-corrected chi connectivity index (χ3v) is 8.32. The summed E-state index contributed by atoms with van der Waals surface area (Å²) in [6.07, 6.45) is 9.97. The molecular weight excluding hydrogens is 556 g/mol. The lowest BCUT2D eigenvalue weighted by molar-refractivity contribution is 0.0115. The highest BCUT2D eigenvalue weighted by molar-refractivity contribution is 5.70. The van der Waals surface area contributed by atoms with Crippen LogP contribution in [0, 0.1) is 11.3 Å². The fourth-order valence-corrected chi connectivity index (χ4v) is 5.95. The third kappa shape index (κ3) is 6.93. The molecular formula is C33H38N8O3. The molecule has 0 amide bonds. The van der Waals surface area contributed by atoms with Gasteiger partial charge < -0.3 is 24.4 Å². The minimum Gasteiger partial charge on any atom is -0.494 e. The molecule has 11 nitrogen and oxygen atoms in total. The number of hydrogen-bond acceptors (Lipinski definition) is 10. The van der Waals surface area contributed by atoms with E-state index >= 15 is 0 Å². The van der Waals surface area contributed by atoms with E-state index in [1.807, 2.05) is 31.3 Å². The molecule has 2 N–H and O–H groups in total. The number of nitriles is 1. The van der Waals surface area contributed by atoms with Crippen molar-refractivity contribution < 1.29 is 14.2 Å². The molecule has 0 saturated carbocycles. The molecule has 0 aliphatic carbocycles. The van der Waals surface area contributed by atoms with Gasteiger partial charge in [0.25, 0.3) is 0 Å². The van der Waals surface area contributed by atoms with Crippen LogP contribution in [0.4, 0.5) is 17.3 Å². The molecule has 0 radical (unpaired) electrons. The Balaban J connectivity index is 1.10. The maximum absolute atomic E-state index is 9.62. The predicted molar refractivity (Wildman–Crippen MR) is 168 cm³/mol. The van der Waals surface area contributed by atoms with Crippen LogP contribution in [-0.2, 0) is 11.2 Å². The zero-order valence-corrected chi connectivity index (χ0v) is 25.2. The summed E-state index contributed by atoms with van der Waals surface area (Å²) >= 11 is 0. The number of hydrogen-bond donors (Lipinski definition) is 2. The maximum atomic E-state index is 9.62. The van der Waals surface area contributed by atoms with Crippen LogP contribution in [0.1, 0.15) is 30.9 Å². The SMILES string of the molecule is COc1cc(N2CCC(N3CCOCC3)CC2)ccc1Nc1ncc(-c2ccc(C#N)c(OC(C)Cc3cn[nH]c3)c2)cn1. The van der Waals surface area contributed by atoms with E-state index in [1.54, 1.807) is 31.8 Å². The van der Waals surface area contributed by atoms with Gasteiger partial charge in [0.1, 0.15) is 23.7 Å². The fraction of sp³-hybridized carbons (Fsp3) is 0.394. The number of aromatic nitrogens is 4. The van der Waals surface area contributed by atoms with Crippen molar-refractivity contribution in [3.63, 3.8) is 0 Å². The van der Waals surface area contributed by atoms with E-state index < -0.39 is 0 Å². The van der Waals surface area contributed by atoms with Crippen LogP contribution in [0.3, 0.4) is 0 Å². The van der Waals surface area contributed by atoms with Crippen LogP contribution in [-0.4, -0.2) is 83.7 Å². The van der Waals surface area contributed by atoms with Crippen molar-refractivity contribution in [2.24, 2.45) is 0 Å². The van der Waals surface area contributed by atoms with E-state index in [-0.39, 0.29) is 6.10 Å². The Kier molecular flexibility index (Phi) is 9.20. The van der Waals surface area contributed by atoms with E-state index in [9.17, 15) is 5.26 Å². The number of anilines is 3. The standard InChI is InChI=1S/C33H38N8O3/c1-23(15-24-19-37-38-20-24)44-31-16-25(3-4-26(31)18-34)27-21-35-33(36-22-27)39-30-6-5-29(17-32(30)42-2)40-9-7-28(8-10-40)41-11-13-43-14-12-41/h3-6,16-17,19-23,28H,7-15H2,1-2H3,(H,37,38)(H,35,36,39). The summed E-state index contributed by atoms with van der Waals surface area (Å²) in [6.45, 7) is 7.78. The average molecular weight is 595 g/mol. The molecule has 2 saturated heterocycles. The van der Waals surface area contributed by atoms with Gasteiger partial charge in [-0.2, -0.15) is 10.4 Å². The molecule has 1 atom stereocenters. The first-order valence-corrected chi connectivity index (χ1v) is 15.1. The molecule has 228 valence electrons. The van der Waals surface area contributed by atoms with Crippen LogP contribution < -0.4 is 19.7 Å². The Morgan fingerprint density at radius 1 is 1.02 bits per heavy atom. The molecule has 0 spiro atoms. The largest absolute Gasteiger partial charge is 0.494 e. The molecule has 2 fully saturated rings. The lowest BCUT2D eigenvalue weighted by Crippen LogP contribution is -2.49. The lowest BCUT2D eigenvalue weighted by atomic mass is 10.0. The third-order valence-electron chi connectivity index (χ3n) is 8.32. The molecule has 4 heterocycles. The summed E-state index contributed by atoms with van der Waals surface area (Å²) in [7, 11) is 1.68. The van der Waals surface area contributed by atoms with Gasteiger partial charge in [-0.15, -0.1) is 0 Å². The maximum Gasteiger partial charge on any atom is 0.227 e. The molecule has 1 unspecified atom stereocenters. The zero-order valence-electron chi connectivity index (χ0n) is 25.2. The highest BCUT2D eigenvalue weighted by Crippen LogP contribution is 2.34. The van der Waals surface area contributed by atoms with Crippen molar-refractivity contribution in [3.8, 4) is 28.7 Å². The Labute approximate surface area is 257 Å². The molecule has 2 aliphatic rings. The number of nitrogens with one attached hydrogen (secondary N) is 2. The highest BCUT2D eigenvalue weighted by atomic mass is 16.5. The minimum absolute atomic E-state index is 0.138. The van der Waals surface area contributed by atoms with E-state index in [2.05, 4.69) is 53.5 Å². The predicted octanol–water partition coefficient (Wildman–Crippen LogP) is 4.80. The first-order chi connectivity index (χ1) is 21.6. The second kappa shape index (κ2) is 13.8. The van der Waals surface area contributed by atoms with Crippen LogP contribution >= 0.6 is 0 Å². The molecule has 2 aromatic heterocycles. The van der Waals surface area contributed by atoms with E-state index in [0.29, 0.717) is 29.7 Å². The second-order valence-electron chi connectivity index (χ2n) is 11.2. The van der Waals surface area contributed by atoms with Crippen molar-refractivity contribution in [1.82, 2.24) is 25.1 Å². The number of aromatic amines is 1. The zero-order chi connectivity index (χ0) is 30.3. The average Bonchev–Trinajstić information content (AvgIpc) is 3.58. The summed E-state index contributed by atoms with van der Waals surface area (Å²) in [5, 5.41) is 19.7. The smallest absolute Gasteiger partial charge is 0.227 e. The van der Waals surface area contributed by atoms with E-state index in [0.717, 1.165) is 86.0 Å². The quantitative estimate of drug-likeness (QED) is 0.265. The molecule has 11 heteroatoms. The first-order valence-electron chi connectivity index (χ1n) is 15.1. The normalized spacial score (nSPS) is 16.7. The van der Waals surface area contributed by atoms with E-state index in [1.165, 1.54) is 0 Å². The second-order valence-corrected chi connectivity index (χ2v) is 11.2. The van der Waals surface area contributed by atoms with Crippen molar-refractivity contribution in [2.45, 2.75) is 38.3 Å². The summed E-state index contributed by atoms with van der Waals surface area (Å²) in [4.78, 5) is 14.1. The number of morpholine rings is 1. The number of rotatable bonds is 10.